The van der Waals surface area contributed by atoms with Crippen molar-refractivity contribution in [2.24, 2.45) is 0 Å². The van der Waals surface area contributed by atoms with E-state index in [1.165, 1.54) is 6.07 Å². The van der Waals surface area contributed by atoms with Gasteiger partial charge in [0.1, 0.15) is 0 Å². The Morgan fingerprint density at radius 1 is 1.36 bits per heavy atom. The molecular weight excluding hydrogens is 182 g/mol. The van der Waals surface area contributed by atoms with Crippen LogP contribution < -0.4 is 10.6 Å². The Kier molecular flexibility index (Phi) is 2.43. The molecule has 74 valence electrons. The molecule has 5 heteroatoms. The Balaban J connectivity index is 2.25. The fraction of sp³-hybridized carbons (Fsp3) is 0.333. The van der Waals surface area contributed by atoms with Gasteiger partial charge in [0.25, 0.3) is 5.69 Å². The zero-order valence-electron chi connectivity index (χ0n) is 7.56. The van der Waals surface area contributed by atoms with Crippen molar-refractivity contribution in [3.63, 3.8) is 0 Å². The summed E-state index contributed by atoms with van der Waals surface area (Å²) in [6, 6.07) is 6.67. The van der Waals surface area contributed by atoms with Gasteiger partial charge in [0.2, 0.25) is 0 Å². The molecule has 0 atom stereocenters. The maximum absolute atomic E-state index is 10.5. The minimum atomic E-state index is -0.377. The predicted molar refractivity (Wildman–Crippen MR) is 51.8 cm³/mol. The second kappa shape index (κ2) is 3.73. The highest BCUT2D eigenvalue weighted by atomic mass is 16.6. The van der Waals surface area contributed by atoms with Gasteiger partial charge in [0, 0.05) is 25.2 Å². The number of nitro groups is 1. The van der Waals surface area contributed by atoms with Gasteiger partial charge < -0.3 is 0 Å². The molecule has 0 aromatic heterocycles. The monoisotopic (exact) mass is 193 g/mol. The Bertz CT molecular complexity index is 348. The molecule has 0 radical (unpaired) electrons. The zero-order chi connectivity index (χ0) is 9.97. The topological polar surface area (TPSA) is 67.2 Å². The molecule has 1 fully saturated rings. The quantitative estimate of drug-likeness (QED) is 0.538. The molecule has 5 nitrogen and oxygen atoms in total. The van der Waals surface area contributed by atoms with Gasteiger partial charge >= 0.3 is 0 Å². The number of hydrogen-bond donors (Lipinski definition) is 2. The maximum atomic E-state index is 10.5. The fourth-order valence-corrected chi connectivity index (χ4v) is 1.56. The average molecular weight is 193 g/mol. The van der Waals surface area contributed by atoms with E-state index in [4.69, 9.17) is 0 Å². The molecule has 0 amide bonds. The molecular formula is C9H11N3O2. The van der Waals surface area contributed by atoms with Crippen LogP contribution in [-0.2, 0) is 0 Å². The second-order valence-corrected chi connectivity index (χ2v) is 3.19. The second-order valence-electron chi connectivity index (χ2n) is 3.19. The molecule has 1 aliphatic rings. The Labute approximate surface area is 81.3 Å². The van der Waals surface area contributed by atoms with Crippen molar-refractivity contribution in [2.75, 3.05) is 13.1 Å². The van der Waals surface area contributed by atoms with Crippen LogP contribution in [0.2, 0.25) is 0 Å². The summed E-state index contributed by atoms with van der Waals surface area (Å²) in [5.74, 6) is 0. The molecule has 1 aromatic rings. The van der Waals surface area contributed by atoms with Crippen molar-refractivity contribution in [1.82, 2.24) is 10.6 Å². The highest BCUT2D eigenvalue weighted by Gasteiger charge is 2.17. The largest absolute Gasteiger partial charge is 0.297 e. The summed E-state index contributed by atoms with van der Waals surface area (Å²) in [4.78, 5) is 10.2. The molecule has 0 unspecified atom stereocenters. The molecule has 0 saturated carbocycles. The van der Waals surface area contributed by atoms with Crippen LogP contribution in [0.5, 0.6) is 0 Å². The summed E-state index contributed by atoms with van der Waals surface area (Å²) < 4.78 is 0. The molecule has 14 heavy (non-hydrogen) atoms. The third kappa shape index (κ3) is 1.73. The van der Waals surface area contributed by atoms with E-state index in [-0.39, 0.29) is 16.8 Å². The van der Waals surface area contributed by atoms with Crippen molar-refractivity contribution >= 4 is 5.69 Å². The number of nitro benzene ring substituents is 1. The van der Waals surface area contributed by atoms with E-state index in [0.717, 1.165) is 18.7 Å². The van der Waals surface area contributed by atoms with Gasteiger partial charge in [-0.05, 0) is 5.56 Å². The molecule has 0 aliphatic carbocycles. The Morgan fingerprint density at radius 3 is 2.71 bits per heavy atom. The summed E-state index contributed by atoms with van der Waals surface area (Å²) in [5.41, 5.74) is 1.05. The van der Waals surface area contributed by atoms with Crippen LogP contribution in [0, 0.1) is 10.1 Å². The van der Waals surface area contributed by atoms with Crippen LogP contribution in [0.1, 0.15) is 11.7 Å². The van der Waals surface area contributed by atoms with Crippen molar-refractivity contribution in [1.29, 1.82) is 0 Å². The van der Waals surface area contributed by atoms with Gasteiger partial charge in [-0.1, -0.05) is 12.1 Å². The number of nitrogens with zero attached hydrogens (tertiary/aromatic N) is 1. The number of rotatable bonds is 2. The van der Waals surface area contributed by atoms with Gasteiger partial charge in [0.15, 0.2) is 0 Å². The van der Waals surface area contributed by atoms with E-state index in [0.29, 0.717) is 0 Å². The summed E-state index contributed by atoms with van der Waals surface area (Å²) >= 11 is 0. The Hall–Kier alpha value is -1.46. The first-order valence-corrected chi connectivity index (χ1v) is 4.48. The minimum Gasteiger partial charge on any atom is -0.297 e. The molecule has 1 saturated heterocycles. The first-order chi connectivity index (χ1) is 6.77. The maximum Gasteiger partial charge on any atom is 0.269 e. The predicted octanol–water partition coefficient (Wildman–Crippen LogP) is 0.786. The first kappa shape index (κ1) is 9.11. The summed E-state index contributed by atoms with van der Waals surface area (Å²) in [6.45, 7) is 1.79. The van der Waals surface area contributed by atoms with Gasteiger partial charge in [-0.15, -0.1) is 0 Å². The van der Waals surface area contributed by atoms with Gasteiger partial charge in [-0.3, -0.25) is 20.7 Å². The molecule has 1 heterocycles. The lowest BCUT2D eigenvalue weighted by atomic mass is 10.1. The smallest absolute Gasteiger partial charge is 0.269 e. The van der Waals surface area contributed by atoms with Gasteiger partial charge in [0.05, 0.1) is 11.1 Å². The number of non-ortho nitro benzene ring substituents is 1. The third-order valence-corrected chi connectivity index (χ3v) is 2.24. The normalized spacial score (nSPS) is 17.1. The first-order valence-electron chi connectivity index (χ1n) is 4.48. The van der Waals surface area contributed by atoms with Crippen molar-refractivity contribution in [2.45, 2.75) is 6.17 Å². The number of hydrogen-bond acceptors (Lipinski definition) is 4. The molecule has 2 rings (SSSR count). The van der Waals surface area contributed by atoms with Crippen LogP contribution in [0.15, 0.2) is 24.3 Å². The van der Waals surface area contributed by atoms with E-state index < -0.39 is 0 Å². The molecule has 1 aromatic carbocycles. The van der Waals surface area contributed by atoms with Crippen LogP contribution in [0.3, 0.4) is 0 Å². The highest BCUT2D eigenvalue weighted by molar-refractivity contribution is 5.35. The standard InChI is InChI=1S/C9H11N3O2/c13-12(14)8-3-1-2-7(6-8)9-10-4-5-11-9/h1-3,6,9-11H,4-5H2. The van der Waals surface area contributed by atoms with Crippen molar-refractivity contribution < 1.29 is 4.92 Å². The molecule has 1 aliphatic heterocycles. The van der Waals surface area contributed by atoms with Crippen LogP contribution >= 0.6 is 0 Å². The lowest BCUT2D eigenvalue weighted by Crippen LogP contribution is -2.21. The number of benzene rings is 1. The third-order valence-electron chi connectivity index (χ3n) is 2.24. The zero-order valence-corrected chi connectivity index (χ0v) is 7.56. The highest BCUT2D eigenvalue weighted by Crippen LogP contribution is 2.18. The summed E-state index contributed by atoms with van der Waals surface area (Å²) in [7, 11) is 0. The van der Waals surface area contributed by atoms with Crippen LogP contribution in [0.4, 0.5) is 5.69 Å². The molecule has 0 spiro atoms. The van der Waals surface area contributed by atoms with E-state index in [9.17, 15) is 10.1 Å². The molecule has 0 bridgehead atoms. The van der Waals surface area contributed by atoms with Crippen molar-refractivity contribution in [3.8, 4) is 0 Å². The lowest BCUT2D eigenvalue weighted by molar-refractivity contribution is -0.384. The van der Waals surface area contributed by atoms with E-state index >= 15 is 0 Å². The fourth-order valence-electron chi connectivity index (χ4n) is 1.56. The van der Waals surface area contributed by atoms with Crippen LogP contribution in [-0.4, -0.2) is 18.0 Å². The Morgan fingerprint density at radius 2 is 2.07 bits per heavy atom. The van der Waals surface area contributed by atoms with Gasteiger partial charge in [-0.25, -0.2) is 0 Å². The summed E-state index contributed by atoms with van der Waals surface area (Å²) in [6.07, 6.45) is 0.0508. The van der Waals surface area contributed by atoms with E-state index in [2.05, 4.69) is 10.6 Å². The average Bonchev–Trinajstić information content (AvgIpc) is 2.71. The van der Waals surface area contributed by atoms with E-state index in [1.54, 1.807) is 12.1 Å². The summed E-state index contributed by atoms with van der Waals surface area (Å²) in [5, 5.41) is 16.9. The molecule has 2 N–H and O–H groups in total. The number of nitrogens with one attached hydrogen (secondary N) is 2. The van der Waals surface area contributed by atoms with E-state index in [1.807, 2.05) is 6.07 Å². The minimum absolute atomic E-state index is 0.0508. The van der Waals surface area contributed by atoms with Gasteiger partial charge in [-0.2, -0.15) is 0 Å². The SMILES string of the molecule is O=[N+]([O-])c1cccc(C2NCCN2)c1. The van der Waals surface area contributed by atoms with Crippen LogP contribution in [0.25, 0.3) is 0 Å². The lowest BCUT2D eigenvalue weighted by Gasteiger charge is -2.10. The van der Waals surface area contributed by atoms with Crippen molar-refractivity contribution in [3.05, 3.63) is 39.9 Å².